The van der Waals surface area contributed by atoms with Gasteiger partial charge in [0, 0.05) is 0 Å². The van der Waals surface area contributed by atoms with E-state index in [1.54, 1.807) is 12.1 Å². The van der Waals surface area contributed by atoms with E-state index in [9.17, 15) is 4.79 Å². The Morgan fingerprint density at radius 2 is 1.82 bits per heavy atom. The highest BCUT2D eigenvalue weighted by molar-refractivity contribution is 6.68. The lowest BCUT2D eigenvalue weighted by Gasteiger charge is -2.21. The minimum absolute atomic E-state index is 0.0810. The Balaban J connectivity index is 0.000000325. The summed E-state index contributed by atoms with van der Waals surface area (Å²) in [5.74, 6) is -0.0810. The van der Waals surface area contributed by atoms with Gasteiger partial charge in [0.25, 0.3) is 5.24 Å². The molecule has 0 aromatic heterocycles. The highest BCUT2D eigenvalue weighted by Crippen LogP contribution is 2.16. The summed E-state index contributed by atoms with van der Waals surface area (Å²) in [6, 6.07) is 6.13. The molecule has 2 N–H and O–H groups in total. The van der Waals surface area contributed by atoms with Gasteiger partial charge in [-0.1, -0.05) is 12.1 Å². The van der Waals surface area contributed by atoms with Crippen LogP contribution in [0.3, 0.4) is 0 Å². The normalized spacial score (nSPS) is 10.4. The fourth-order valence-corrected chi connectivity index (χ4v) is 1.10. The molecule has 5 heteroatoms. The van der Waals surface area contributed by atoms with Crippen LogP contribution in [0.4, 0.5) is 0 Å². The third-order valence-corrected chi connectivity index (χ3v) is 2.09. The van der Waals surface area contributed by atoms with Gasteiger partial charge in [-0.25, -0.2) is 0 Å². The van der Waals surface area contributed by atoms with Crippen LogP contribution in [0.1, 0.15) is 10.4 Å². The molecule has 0 fully saturated rings. The van der Waals surface area contributed by atoms with Gasteiger partial charge in [0.2, 0.25) is 0 Å². The summed E-state index contributed by atoms with van der Waals surface area (Å²) in [5, 5.41) is 16.7. The van der Waals surface area contributed by atoms with Gasteiger partial charge in [-0.2, -0.15) is 0 Å². The van der Waals surface area contributed by atoms with E-state index >= 15 is 0 Å². The SMILES string of the molecule is C[N+](C)(C)CCO.O=C(Cl)c1ccccc1O. The molecular weight excluding hydrogens is 242 g/mol. The summed E-state index contributed by atoms with van der Waals surface area (Å²) >= 11 is 5.11. The molecule has 0 aliphatic carbocycles. The first-order valence-electron chi connectivity index (χ1n) is 5.17. The zero-order valence-corrected chi connectivity index (χ0v) is 11.1. The largest absolute Gasteiger partial charge is 0.507 e. The van der Waals surface area contributed by atoms with E-state index in [-0.39, 0.29) is 17.9 Å². The van der Waals surface area contributed by atoms with Crippen LogP contribution in [-0.4, -0.2) is 54.2 Å². The Bertz CT molecular complexity index is 361. The molecule has 1 rings (SSSR count). The minimum Gasteiger partial charge on any atom is -0.507 e. The van der Waals surface area contributed by atoms with E-state index in [2.05, 4.69) is 21.1 Å². The number of quaternary nitrogens is 1. The van der Waals surface area contributed by atoms with Crippen molar-refractivity contribution < 1.29 is 19.5 Å². The zero-order chi connectivity index (χ0) is 13.5. The van der Waals surface area contributed by atoms with Crippen molar-refractivity contribution in [1.29, 1.82) is 0 Å². The molecule has 1 aromatic carbocycles. The lowest BCUT2D eigenvalue weighted by Crippen LogP contribution is -2.36. The Morgan fingerprint density at radius 1 is 1.29 bits per heavy atom. The van der Waals surface area contributed by atoms with Gasteiger partial charge in [0.1, 0.15) is 12.3 Å². The number of aliphatic hydroxyl groups excluding tert-OH is 1. The van der Waals surface area contributed by atoms with Crippen molar-refractivity contribution in [1.82, 2.24) is 0 Å². The molecule has 4 nitrogen and oxygen atoms in total. The Morgan fingerprint density at radius 3 is 2.06 bits per heavy atom. The maximum Gasteiger partial charge on any atom is 0.256 e. The van der Waals surface area contributed by atoms with Crippen molar-refractivity contribution in [3.8, 4) is 5.75 Å². The third kappa shape index (κ3) is 7.74. The molecule has 0 aliphatic rings. The first-order valence-corrected chi connectivity index (χ1v) is 5.55. The van der Waals surface area contributed by atoms with Gasteiger partial charge in [-0.05, 0) is 23.7 Å². The minimum atomic E-state index is -0.641. The maximum atomic E-state index is 10.5. The number of halogens is 1. The van der Waals surface area contributed by atoms with Crippen LogP contribution in [0.15, 0.2) is 24.3 Å². The molecule has 0 amide bonds. The van der Waals surface area contributed by atoms with E-state index in [1.807, 2.05) is 0 Å². The number of aliphatic hydroxyl groups is 1. The molecule has 0 aliphatic heterocycles. The van der Waals surface area contributed by atoms with E-state index in [0.717, 1.165) is 11.0 Å². The number of hydrogen-bond acceptors (Lipinski definition) is 3. The molecule has 0 radical (unpaired) electrons. The molecule has 17 heavy (non-hydrogen) atoms. The van der Waals surface area contributed by atoms with E-state index in [4.69, 9.17) is 21.8 Å². The summed E-state index contributed by atoms with van der Waals surface area (Å²) in [4.78, 5) is 10.5. The van der Waals surface area contributed by atoms with Crippen LogP contribution >= 0.6 is 11.6 Å². The highest BCUT2D eigenvalue weighted by Gasteiger charge is 2.04. The molecule has 0 spiro atoms. The predicted molar refractivity (Wildman–Crippen MR) is 68.3 cm³/mol. The van der Waals surface area contributed by atoms with E-state index in [1.165, 1.54) is 12.1 Å². The van der Waals surface area contributed by atoms with Crippen LogP contribution in [-0.2, 0) is 0 Å². The monoisotopic (exact) mass is 260 g/mol. The summed E-state index contributed by atoms with van der Waals surface area (Å²) in [5.41, 5.74) is 0.143. The number of para-hydroxylation sites is 1. The predicted octanol–water partition coefficient (Wildman–Crippen LogP) is 1.46. The molecule has 0 bridgehead atoms. The van der Waals surface area contributed by atoms with Crippen LogP contribution in [0.2, 0.25) is 0 Å². The van der Waals surface area contributed by atoms with Crippen LogP contribution in [0.25, 0.3) is 0 Å². The number of benzene rings is 1. The van der Waals surface area contributed by atoms with Crippen molar-refractivity contribution in [2.45, 2.75) is 0 Å². The first-order chi connectivity index (χ1) is 7.78. The van der Waals surface area contributed by atoms with Gasteiger partial charge >= 0.3 is 0 Å². The molecule has 0 saturated carbocycles. The van der Waals surface area contributed by atoms with Crippen molar-refractivity contribution in [3.63, 3.8) is 0 Å². The number of carbonyl (C=O) groups excluding carboxylic acids is 1. The number of phenols is 1. The van der Waals surface area contributed by atoms with Gasteiger partial charge in [0.05, 0.1) is 33.3 Å². The summed E-state index contributed by atoms with van der Waals surface area (Å²) in [6.45, 7) is 1.11. The average Bonchev–Trinajstić information content (AvgIpc) is 2.16. The van der Waals surface area contributed by atoms with E-state index < -0.39 is 5.24 Å². The maximum absolute atomic E-state index is 10.5. The summed E-state index contributed by atoms with van der Waals surface area (Å²) < 4.78 is 0.844. The second-order valence-electron chi connectivity index (χ2n) is 4.53. The lowest BCUT2D eigenvalue weighted by molar-refractivity contribution is -0.870. The van der Waals surface area contributed by atoms with Gasteiger partial charge in [0.15, 0.2) is 0 Å². The number of phenolic OH excluding ortho intramolecular Hbond substituents is 1. The van der Waals surface area contributed by atoms with Crippen LogP contribution in [0.5, 0.6) is 5.75 Å². The standard InChI is InChI=1S/C7H5ClO2.C5H14NO/c8-7(10)5-3-1-2-4-6(5)9;1-6(2,3)4-5-7/h1-4,9H;7H,4-5H2,1-3H3/q;+1. The molecular formula is C12H19ClNO3+. The molecule has 0 saturated heterocycles. The fraction of sp³-hybridized carbons (Fsp3) is 0.417. The molecule has 0 heterocycles. The van der Waals surface area contributed by atoms with Crippen LogP contribution in [0, 0.1) is 0 Å². The summed E-state index contributed by atoms with van der Waals surface area (Å²) in [6.07, 6.45) is 0. The summed E-state index contributed by atoms with van der Waals surface area (Å²) in [7, 11) is 6.16. The molecule has 0 unspecified atom stereocenters. The number of aromatic hydroxyl groups is 1. The first kappa shape index (κ1) is 15.9. The fourth-order valence-electron chi connectivity index (χ4n) is 0.940. The molecule has 1 aromatic rings. The van der Waals surface area contributed by atoms with Crippen molar-refractivity contribution >= 4 is 16.8 Å². The third-order valence-electron chi connectivity index (χ3n) is 1.89. The Labute approximate surface area is 107 Å². The highest BCUT2D eigenvalue weighted by atomic mass is 35.5. The number of likely N-dealkylation sites (N-methyl/N-ethyl adjacent to an activating group) is 1. The van der Waals surface area contributed by atoms with Crippen molar-refractivity contribution in [2.24, 2.45) is 0 Å². The van der Waals surface area contributed by atoms with Gasteiger partial charge in [-0.15, -0.1) is 0 Å². The molecule has 0 atom stereocenters. The lowest BCUT2D eigenvalue weighted by atomic mass is 10.2. The Hall–Kier alpha value is -1.10. The zero-order valence-electron chi connectivity index (χ0n) is 10.4. The second-order valence-corrected chi connectivity index (χ2v) is 4.87. The smallest absolute Gasteiger partial charge is 0.256 e. The topological polar surface area (TPSA) is 57.5 Å². The van der Waals surface area contributed by atoms with E-state index in [0.29, 0.717) is 0 Å². The van der Waals surface area contributed by atoms with Crippen molar-refractivity contribution in [2.75, 3.05) is 34.3 Å². The second kappa shape index (κ2) is 7.27. The quantitative estimate of drug-likeness (QED) is 0.639. The Kier molecular flexibility index (Phi) is 6.80. The number of hydrogen-bond donors (Lipinski definition) is 2. The molecule has 96 valence electrons. The van der Waals surface area contributed by atoms with Crippen LogP contribution < -0.4 is 0 Å². The number of carbonyl (C=O) groups is 1. The van der Waals surface area contributed by atoms with Gasteiger partial charge in [-0.3, -0.25) is 4.79 Å². The number of nitrogens with zero attached hydrogens (tertiary/aromatic N) is 1. The number of rotatable bonds is 3. The van der Waals surface area contributed by atoms with Crippen molar-refractivity contribution in [3.05, 3.63) is 29.8 Å². The van der Waals surface area contributed by atoms with Gasteiger partial charge < -0.3 is 14.7 Å². The average molecular weight is 261 g/mol.